The lowest BCUT2D eigenvalue weighted by molar-refractivity contribution is -0.118. The van der Waals surface area contributed by atoms with Gasteiger partial charge in [0.15, 0.2) is 53.9 Å². The molecule has 0 saturated heterocycles. The molecule has 0 heterocycles. The first kappa shape index (κ1) is 42.4. The van der Waals surface area contributed by atoms with E-state index in [2.05, 4.69) is 20.4 Å². The van der Waals surface area contributed by atoms with Crippen LogP contribution in [-0.2, 0) is 28.7 Å². The molecule has 18 heteroatoms. The van der Waals surface area contributed by atoms with E-state index >= 15 is 0 Å². The smallest absolute Gasteiger partial charge is 0.261 e. The Hall–Kier alpha value is -7.76. The molecule has 2 aliphatic carbocycles. The van der Waals surface area contributed by atoms with Crippen molar-refractivity contribution in [2.24, 2.45) is 20.4 Å². The van der Waals surface area contributed by atoms with Gasteiger partial charge in [0.2, 0.25) is 5.75 Å². The molecular weight excluding hydrogens is 712 g/mol. The molecule has 0 radical (unpaired) electrons. The number of methoxy groups -OCH3 is 4. The Morgan fingerprint density at radius 2 is 0.944 bits per heavy atom. The van der Waals surface area contributed by atoms with Gasteiger partial charge in [0, 0.05) is 21.1 Å². The van der Waals surface area contributed by atoms with Crippen LogP contribution in [-0.4, -0.2) is 87.8 Å². The number of Topliss-reactive ketones (excluding diaryl/α,β-unsaturated/α-hetero) is 2. The predicted octanol–water partition coefficient (Wildman–Crippen LogP) is 3.94. The first-order chi connectivity index (χ1) is 26.1. The number of hydrogen-bond acceptors (Lipinski definition) is 18. The minimum absolute atomic E-state index is 0.0203. The van der Waals surface area contributed by atoms with Crippen molar-refractivity contribution in [3.8, 4) is 23.0 Å². The number of ketones is 2. The number of phenols is 2. The second kappa shape index (κ2) is 21.5. The molecule has 0 saturated carbocycles. The average Bonchev–Trinajstić information content (AvgIpc) is 3.20. The van der Waals surface area contributed by atoms with Crippen molar-refractivity contribution in [2.45, 2.75) is 0 Å². The Balaban J connectivity index is 0.000000357. The molecule has 2 aromatic carbocycles. The third-order valence-corrected chi connectivity index (χ3v) is 6.81. The molecule has 54 heavy (non-hydrogen) atoms. The molecule has 278 valence electrons. The molecule has 0 bridgehead atoms. The molecule has 2 N–H and O–H groups in total. The van der Waals surface area contributed by atoms with Gasteiger partial charge in [-0.3, -0.25) is 28.8 Å². The highest BCUT2D eigenvalue weighted by atomic mass is 16.7. The van der Waals surface area contributed by atoms with Gasteiger partial charge in [0.05, 0.1) is 75.5 Å². The third kappa shape index (κ3) is 11.1. The van der Waals surface area contributed by atoms with Gasteiger partial charge in [0.1, 0.15) is 5.75 Å². The van der Waals surface area contributed by atoms with E-state index in [1.807, 2.05) is 0 Å². The number of phenolic OH excluding ortho intramolecular Hbond substituents is 2. The van der Waals surface area contributed by atoms with Crippen molar-refractivity contribution in [1.82, 2.24) is 0 Å². The van der Waals surface area contributed by atoms with Crippen LogP contribution in [0.3, 0.4) is 0 Å². The van der Waals surface area contributed by atoms with E-state index in [9.17, 15) is 39.0 Å². The van der Waals surface area contributed by atoms with Crippen LogP contribution in [0.1, 0.15) is 31.8 Å². The Morgan fingerprint density at radius 3 is 1.31 bits per heavy atom. The lowest BCUT2D eigenvalue weighted by atomic mass is 9.96. The van der Waals surface area contributed by atoms with Gasteiger partial charge in [-0.2, -0.15) is 20.4 Å². The average molecular weight is 743 g/mol. The van der Waals surface area contributed by atoms with Gasteiger partial charge < -0.3 is 29.2 Å². The Morgan fingerprint density at radius 1 is 0.537 bits per heavy atom. The number of ether oxygens (including phenoxy) is 4. The lowest BCUT2D eigenvalue weighted by Crippen LogP contribution is -2.13. The van der Waals surface area contributed by atoms with E-state index in [1.54, 1.807) is 12.1 Å². The number of allylic oxidation sites excluding steroid dienone is 8. The number of nitrogens with zero attached hydrogens (tertiary/aromatic N) is 4. The summed E-state index contributed by atoms with van der Waals surface area (Å²) in [6.07, 6.45) is 12.6. The fourth-order valence-electron chi connectivity index (χ4n) is 4.27. The van der Waals surface area contributed by atoms with Crippen molar-refractivity contribution in [3.63, 3.8) is 0 Å². The molecule has 0 unspecified atom stereocenters. The normalized spacial score (nSPS) is 13.6. The molecule has 0 atom stereocenters. The first-order valence-electron chi connectivity index (χ1n) is 14.8. The largest absolute Gasteiger partial charge is 0.506 e. The molecule has 4 rings (SSSR count). The maximum Gasteiger partial charge on any atom is 0.261 e. The van der Waals surface area contributed by atoms with Crippen LogP contribution in [0.2, 0.25) is 0 Å². The van der Waals surface area contributed by atoms with E-state index < -0.39 is 5.78 Å². The minimum Gasteiger partial charge on any atom is -0.506 e. The van der Waals surface area contributed by atoms with E-state index in [0.717, 1.165) is 0 Å². The molecule has 2 aliphatic rings. The summed E-state index contributed by atoms with van der Waals surface area (Å²) < 4.78 is 20.0. The van der Waals surface area contributed by atoms with Gasteiger partial charge in [-0.25, -0.2) is 0 Å². The highest BCUT2D eigenvalue weighted by molar-refractivity contribution is 6.28. The summed E-state index contributed by atoms with van der Waals surface area (Å²) in [5.41, 5.74) is 1.57. The second-order valence-electron chi connectivity index (χ2n) is 10.1. The number of hydrogen-bond donors (Lipinski definition) is 2. The summed E-state index contributed by atoms with van der Waals surface area (Å²) in [5, 5.41) is 34.9. The second-order valence-corrected chi connectivity index (χ2v) is 10.1. The summed E-state index contributed by atoms with van der Waals surface area (Å²) in [6, 6.07) is 5.85. The third-order valence-electron chi connectivity index (χ3n) is 6.81. The molecular formula is C36H30N4O14. The van der Waals surface area contributed by atoms with E-state index in [-0.39, 0.29) is 62.6 Å². The zero-order valence-electron chi connectivity index (χ0n) is 28.8. The number of benzene rings is 2. The van der Waals surface area contributed by atoms with Gasteiger partial charge in [-0.05, 0) is 59.7 Å². The van der Waals surface area contributed by atoms with Crippen LogP contribution in [0.5, 0.6) is 23.0 Å². The summed E-state index contributed by atoms with van der Waals surface area (Å²) in [6.45, 7) is 0. The van der Waals surface area contributed by atoms with Gasteiger partial charge in [0.25, 0.3) is 5.78 Å². The fraction of sp³-hybridized carbons (Fsp3) is 0.111. The van der Waals surface area contributed by atoms with Crippen LogP contribution in [0.4, 0.5) is 0 Å². The number of aromatic hydroxyl groups is 2. The maximum absolute atomic E-state index is 11.8. The van der Waals surface area contributed by atoms with E-state index in [0.29, 0.717) is 47.4 Å². The topological polar surface area (TPSA) is 263 Å². The summed E-state index contributed by atoms with van der Waals surface area (Å²) >= 11 is 0. The zero-order chi connectivity index (χ0) is 40.2. The number of carbonyl (C=O) groups is 6. The van der Waals surface area contributed by atoms with Gasteiger partial charge in [-0.15, -0.1) is 0 Å². The zero-order valence-corrected chi connectivity index (χ0v) is 28.8. The van der Waals surface area contributed by atoms with E-state index in [1.165, 1.54) is 89.7 Å². The highest BCUT2D eigenvalue weighted by Gasteiger charge is 2.22. The monoisotopic (exact) mass is 742 g/mol. The van der Waals surface area contributed by atoms with E-state index in [4.69, 9.17) is 28.9 Å². The molecule has 2 aromatic rings. The summed E-state index contributed by atoms with van der Waals surface area (Å²) in [7, 11) is 5.55. The van der Waals surface area contributed by atoms with Crippen molar-refractivity contribution in [2.75, 3.05) is 28.4 Å². The number of rotatable bonds is 13. The first-order valence-corrected chi connectivity index (χ1v) is 14.8. The summed E-state index contributed by atoms with van der Waals surface area (Å²) in [5.74, 6) is -0.858. The standard InChI is InChI=1S/C18H16N2O6.C18H14N2O6.O2/c2*1-25-15-5-12(6-16(26-2)18(15)24)8-20-19-7-11-3-13(9-21)17(23)14(4-11)10-22;1-2/h3-10,23-24H,1-2H3;3-10H,1-2H3;. The predicted molar refractivity (Wildman–Crippen MR) is 192 cm³/mol. The molecule has 0 aliphatic heterocycles. The minimum atomic E-state index is -0.632. The van der Waals surface area contributed by atoms with Crippen LogP contribution >= 0.6 is 0 Å². The molecule has 0 aromatic heterocycles. The quantitative estimate of drug-likeness (QED) is 0.0968. The van der Waals surface area contributed by atoms with Gasteiger partial charge >= 0.3 is 0 Å². The van der Waals surface area contributed by atoms with Crippen molar-refractivity contribution in [3.05, 3.63) is 127 Å². The number of carbonyl (C=O) groups excluding carboxylic acids is 6. The number of azo groups is 1. The van der Waals surface area contributed by atoms with Crippen LogP contribution < -0.4 is 9.47 Å². The van der Waals surface area contributed by atoms with Gasteiger partial charge in [-0.1, -0.05) is 0 Å². The van der Waals surface area contributed by atoms with Crippen molar-refractivity contribution in [1.29, 1.82) is 0 Å². The van der Waals surface area contributed by atoms with Crippen molar-refractivity contribution < 1.29 is 57.9 Å². The van der Waals surface area contributed by atoms with Crippen LogP contribution in [0, 0.1) is 9.93 Å². The van der Waals surface area contributed by atoms with Crippen LogP contribution in [0.25, 0.3) is 0 Å². The number of aldehydes is 4. The SMILES string of the molecule is COC1=CC(=CN=NC=C2C=C(C=O)C(=O)C(C=O)=C2)C=C(OC)C1=O.COc1cc(C=NN=Cc2cc(C=O)c(O)c(C=O)c2)cc(OC)c1O.O=O. The molecule has 0 amide bonds. The fourth-order valence-corrected chi connectivity index (χ4v) is 4.27. The highest BCUT2D eigenvalue weighted by Crippen LogP contribution is 2.36. The Bertz CT molecular complexity index is 1970. The lowest BCUT2D eigenvalue weighted by Gasteiger charge is -2.12. The molecule has 0 spiro atoms. The van der Waals surface area contributed by atoms with Crippen molar-refractivity contribution >= 4 is 49.1 Å². The molecule has 0 fully saturated rings. The van der Waals surface area contributed by atoms with Crippen LogP contribution in [0.15, 0.2) is 115 Å². The summed E-state index contributed by atoms with van der Waals surface area (Å²) in [4.78, 5) is 81.1. The Labute approximate surface area is 305 Å². The molecule has 18 nitrogen and oxygen atoms in total. The Kier molecular flexibility index (Phi) is 16.8. The maximum atomic E-state index is 11.8.